The van der Waals surface area contributed by atoms with Crippen LogP contribution in [0.3, 0.4) is 0 Å². The number of fused-ring (bicyclic) bond motifs is 1. The Balaban J connectivity index is 1.63. The number of phenols is 1. The van der Waals surface area contributed by atoms with Gasteiger partial charge in [0.1, 0.15) is 5.75 Å². The van der Waals surface area contributed by atoms with E-state index in [2.05, 4.69) is 5.10 Å². The number of benzene rings is 3. The minimum atomic E-state index is -0.195. The summed E-state index contributed by atoms with van der Waals surface area (Å²) in [6.45, 7) is 3.80. The van der Waals surface area contributed by atoms with Crippen LogP contribution in [0, 0.1) is 13.8 Å². The molecule has 0 unspecified atom stereocenters. The molecular formula is C26H23N5O2S. The molecule has 5 rings (SSSR count). The van der Waals surface area contributed by atoms with Gasteiger partial charge in [-0.3, -0.25) is 9.48 Å². The van der Waals surface area contributed by atoms with Crippen molar-refractivity contribution in [3.63, 3.8) is 0 Å². The van der Waals surface area contributed by atoms with Crippen LogP contribution in [0.5, 0.6) is 5.75 Å². The van der Waals surface area contributed by atoms with E-state index in [1.807, 2.05) is 86.9 Å². The number of rotatable bonds is 4. The first-order valence-electron chi connectivity index (χ1n) is 10.8. The molecule has 2 heterocycles. The smallest absolute Gasteiger partial charge is 0.297 e. The number of aromatic nitrogens is 3. The maximum Gasteiger partial charge on any atom is 0.297 e. The van der Waals surface area contributed by atoms with Crippen LogP contribution in [0.2, 0.25) is 0 Å². The van der Waals surface area contributed by atoms with Crippen molar-refractivity contribution in [1.29, 1.82) is 0 Å². The first kappa shape index (κ1) is 21.7. The molecule has 3 aromatic carbocycles. The van der Waals surface area contributed by atoms with Crippen molar-refractivity contribution < 1.29 is 5.11 Å². The molecule has 0 aliphatic carbocycles. The van der Waals surface area contributed by atoms with Crippen molar-refractivity contribution in [2.24, 2.45) is 17.1 Å². The molecule has 0 atom stereocenters. The lowest BCUT2D eigenvalue weighted by atomic mass is 10.0. The van der Waals surface area contributed by atoms with Crippen molar-refractivity contribution in [3.8, 4) is 11.4 Å². The van der Waals surface area contributed by atoms with Gasteiger partial charge >= 0.3 is 0 Å². The number of para-hydroxylation sites is 1. The summed E-state index contributed by atoms with van der Waals surface area (Å²) in [7, 11) is 1.85. The predicted octanol–water partition coefficient (Wildman–Crippen LogP) is 4.63. The first-order chi connectivity index (χ1) is 16.5. The van der Waals surface area contributed by atoms with E-state index in [9.17, 15) is 9.90 Å². The topological polar surface area (TPSA) is 76.8 Å². The summed E-state index contributed by atoms with van der Waals surface area (Å²) in [5.74, 6) is 0.152. The minimum absolute atomic E-state index is 0.152. The largest absolute Gasteiger partial charge is 0.507 e. The Hall–Kier alpha value is -4.17. The molecule has 0 fully saturated rings. The van der Waals surface area contributed by atoms with Crippen LogP contribution in [-0.4, -0.2) is 25.4 Å². The van der Waals surface area contributed by atoms with Gasteiger partial charge in [-0.2, -0.15) is 5.10 Å². The third kappa shape index (κ3) is 3.68. The van der Waals surface area contributed by atoms with Gasteiger partial charge in [0.15, 0.2) is 5.69 Å². The van der Waals surface area contributed by atoms with Crippen LogP contribution in [0.15, 0.2) is 87.0 Å². The summed E-state index contributed by atoms with van der Waals surface area (Å²) >= 11 is 1.40. The normalized spacial score (nSPS) is 12.3. The van der Waals surface area contributed by atoms with Gasteiger partial charge in [-0.15, -0.1) is 11.3 Å². The number of thiazole rings is 1. The van der Waals surface area contributed by atoms with Crippen LogP contribution in [0.4, 0.5) is 5.69 Å². The SMILES string of the molecule is Cc1csc(=Nc2c(C)n(C)n(-c3ccccc3)c2=O)n1N=Cc1c(O)ccc2ccccc12. The Morgan fingerprint density at radius 1 is 0.971 bits per heavy atom. The summed E-state index contributed by atoms with van der Waals surface area (Å²) < 4.78 is 5.10. The van der Waals surface area contributed by atoms with Gasteiger partial charge in [-0.25, -0.2) is 14.4 Å². The van der Waals surface area contributed by atoms with Gasteiger partial charge in [0.05, 0.1) is 23.3 Å². The van der Waals surface area contributed by atoms with E-state index < -0.39 is 0 Å². The Morgan fingerprint density at radius 2 is 1.71 bits per heavy atom. The van der Waals surface area contributed by atoms with Crippen molar-refractivity contribution in [1.82, 2.24) is 14.0 Å². The lowest BCUT2D eigenvalue weighted by molar-refractivity contribution is 0.475. The Kier molecular flexibility index (Phi) is 5.51. The Labute approximate surface area is 199 Å². The number of aryl methyl sites for hydroxylation is 1. The maximum atomic E-state index is 13.3. The van der Waals surface area contributed by atoms with Crippen molar-refractivity contribution in [3.05, 3.63) is 104 Å². The average Bonchev–Trinajstić information content (AvgIpc) is 3.30. The zero-order valence-corrected chi connectivity index (χ0v) is 19.8. The summed E-state index contributed by atoms with van der Waals surface area (Å²) in [5.41, 5.74) is 3.20. The predicted molar refractivity (Wildman–Crippen MR) is 137 cm³/mol. The number of phenolic OH excluding ortho intramolecular Hbond substituents is 1. The highest BCUT2D eigenvalue weighted by atomic mass is 32.1. The number of hydrogen-bond donors (Lipinski definition) is 1. The van der Waals surface area contributed by atoms with Gasteiger partial charge < -0.3 is 5.11 Å². The van der Waals surface area contributed by atoms with E-state index in [1.165, 1.54) is 11.3 Å². The van der Waals surface area contributed by atoms with Gasteiger partial charge in [-0.05, 0) is 42.8 Å². The fraction of sp³-hybridized carbons (Fsp3) is 0.115. The molecule has 0 saturated heterocycles. The number of aromatic hydroxyl groups is 1. The molecular weight excluding hydrogens is 446 g/mol. The van der Waals surface area contributed by atoms with E-state index in [0.29, 0.717) is 16.1 Å². The van der Waals surface area contributed by atoms with E-state index in [1.54, 1.807) is 26.3 Å². The Bertz CT molecular complexity index is 1670. The highest BCUT2D eigenvalue weighted by molar-refractivity contribution is 7.07. The lowest BCUT2D eigenvalue weighted by Gasteiger charge is -2.07. The summed E-state index contributed by atoms with van der Waals surface area (Å²) in [5, 5.41) is 18.9. The molecule has 1 N–H and O–H groups in total. The number of nitrogens with zero attached hydrogens (tertiary/aromatic N) is 5. The van der Waals surface area contributed by atoms with Gasteiger partial charge in [0.25, 0.3) is 5.56 Å². The van der Waals surface area contributed by atoms with Crippen LogP contribution < -0.4 is 10.4 Å². The molecule has 0 aliphatic heterocycles. The summed E-state index contributed by atoms with van der Waals surface area (Å²) in [6.07, 6.45) is 1.64. The van der Waals surface area contributed by atoms with Gasteiger partial charge in [0, 0.05) is 18.0 Å². The second-order valence-corrected chi connectivity index (χ2v) is 8.79. The highest BCUT2D eigenvalue weighted by Crippen LogP contribution is 2.25. The van der Waals surface area contributed by atoms with Crippen molar-refractivity contribution >= 4 is 34.0 Å². The molecule has 2 aromatic heterocycles. The average molecular weight is 470 g/mol. The number of hydrogen-bond acceptors (Lipinski definition) is 5. The first-order valence-corrected chi connectivity index (χ1v) is 11.6. The molecule has 5 aromatic rings. The zero-order chi connectivity index (χ0) is 23.8. The molecule has 0 radical (unpaired) electrons. The molecule has 8 heteroatoms. The molecule has 34 heavy (non-hydrogen) atoms. The second kappa shape index (κ2) is 8.64. The molecule has 0 aliphatic rings. The van der Waals surface area contributed by atoms with E-state index in [0.717, 1.165) is 27.8 Å². The van der Waals surface area contributed by atoms with Crippen LogP contribution in [0.25, 0.3) is 16.5 Å². The fourth-order valence-corrected chi connectivity index (χ4v) is 4.73. The van der Waals surface area contributed by atoms with Crippen LogP contribution in [-0.2, 0) is 7.05 Å². The lowest BCUT2D eigenvalue weighted by Crippen LogP contribution is -2.19. The van der Waals surface area contributed by atoms with E-state index in [-0.39, 0.29) is 11.3 Å². The minimum Gasteiger partial charge on any atom is -0.507 e. The monoisotopic (exact) mass is 469 g/mol. The highest BCUT2D eigenvalue weighted by Gasteiger charge is 2.16. The summed E-state index contributed by atoms with van der Waals surface area (Å²) in [6, 6.07) is 20.9. The quantitative estimate of drug-likeness (QED) is 0.390. The molecule has 0 spiro atoms. The molecule has 7 nitrogen and oxygen atoms in total. The molecule has 0 amide bonds. The van der Waals surface area contributed by atoms with E-state index >= 15 is 0 Å². The Morgan fingerprint density at radius 3 is 2.50 bits per heavy atom. The standard InChI is InChI=1S/C26H23N5O2S/c1-17-16-34-26(28-24-18(2)29(3)31(25(24)33)20-10-5-4-6-11-20)30(17)27-15-22-21-12-8-7-9-19(21)13-14-23(22)32/h4-16,32H,1-3H3. The van der Waals surface area contributed by atoms with Crippen molar-refractivity contribution in [2.75, 3.05) is 0 Å². The van der Waals surface area contributed by atoms with Crippen molar-refractivity contribution in [2.45, 2.75) is 13.8 Å². The maximum absolute atomic E-state index is 13.3. The molecule has 0 bridgehead atoms. The second-order valence-electron chi connectivity index (χ2n) is 7.96. The van der Waals surface area contributed by atoms with Crippen LogP contribution in [0.1, 0.15) is 17.0 Å². The van der Waals surface area contributed by atoms with Gasteiger partial charge in [-0.1, -0.05) is 48.5 Å². The third-order valence-corrected chi connectivity index (χ3v) is 6.77. The zero-order valence-electron chi connectivity index (χ0n) is 19.0. The van der Waals surface area contributed by atoms with Crippen LogP contribution >= 0.6 is 11.3 Å². The summed E-state index contributed by atoms with van der Waals surface area (Å²) in [4.78, 5) is 18.6. The third-order valence-electron chi connectivity index (χ3n) is 5.83. The fourth-order valence-electron chi connectivity index (χ4n) is 3.92. The molecule has 0 saturated carbocycles. The van der Waals surface area contributed by atoms with Gasteiger partial charge in [0.2, 0.25) is 4.80 Å². The molecule has 170 valence electrons. The van der Waals surface area contributed by atoms with E-state index in [4.69, 9.17) is 4.99 Å².